The molecule has 0 radical (unpaired) electrons. The Kier molecular flexibility index (Phi) is 6.32. The fourth-order valence-corrected chi connectivity index (χ4v) is 4.12. The first-order valence-corrected chi connectivity index (χ1v) is 11.0. The number of nitrogens with zero attached hydrogens (tertiary/aromatic N) is 2. The highest BCUT2D eigenvalue weighted by molar-refractivity contribution is 7.80. The van der Waals surface area contributed by atoms with E-state index in [1.54, 1.807) is 48.5 Å². The number of thiocarbonyl (C=S) groups is 1. The van der Waals surface area contributed by atoms with Crippen molar-refractivity contribution in [2.75, 3.05) is 4.90 Å². The third kappa shape index (κ3) is 4.55. The number of hydrogen-bond donors (Lipinski definition) is 1. The summed E-state index contributed by atoms with van der Waals surface area (Å²) in [6.07, 6.45) is 1.50. The number of carbonyl (C=O) groups excluding carboxylic acids is 2. The zero-order chi connectivity index (χ0) is 22.7. The smallest absolute Gasteiger partial charge is 0.270 e. The van der Waals surface area contributed by atoms with Crippen LogP contribution in [0.5, 0.6) is 5.75 Å². The third-order valence-electron chi connectivity index (χ3n) is 4.62. The van der Waals surface area contributed by atoms with Gasteiger partial charge in [-0.1, -0.05) is 23.7 Å². The van der Waals surface area contributed by atoms with Gasteiger partial charge in [0.1, 0.15) is 28.9 Å². The number of nitrogens with one attached hydrogen (secondary N) is 1. The summed E-state index contributed by atoms with van der Waals surface area (Å²) in [6, 6.07) is 17.5. The van der Waals surface area contributed by atoms with Crippen molar-refractivity contribution in [2.45, 2.75) is 6.61 Å². The second-order valence-corrected chi connectivity index (χ2v) is 8.42. The molecule has 2 aromatic carbocycles. The van der Waals surface area contributed by atoms with E-state index >= 15 is 0 Å². The number of halogens is 1. The monoisotopic (exact) mass is 479 g/mol. The van der Waals surface area contributed by atoms with E-state index in [9.17, 15) is 9.59 Å². The fraction of sp³-hybridized carbons (Fsp3) is 0.0435. The number of hydrogen-bond acceptors (Lipinski definition) is 6. The molecule has 1 aromatic heterocycles. The van der Waals surface area contributed by atoms with Crippen LogP contribution in [0.2, 0.25) is 5.02 Å². The van der Waals surface area contributed by atoms with Gasteiger partial charge in [-0.05, 0) is 71.7 Å². The molecule has 2 heterocycles. The van der Waals surface area contributed by atoms with Gasteiger partial charge in [-0.3, -0.25) is 19.8 Å². The maximum absolute atomic E-state index is 13.0. The second kappa shape index (κ2) is 9.32. The minimum Gasteiger partial charge on any atom is -0.489 e. The number of benzene rings is 2. The molecule has 0 bridgehead atoms. The standard InChI is InChI=1S/C23H14ClN3O3S2/c24-16-3-5-17(6-4-16)27-22(29)19(21(28)26-23(27)31)11-14-1-7-18(8-2-14)30-13-15-9-10-32-20(15)12-25/h1-11H,13H2,(H,26,28,31)/b19-11+. The van der Waals surface area contributed by atoms with Gasteiger partial charge >= 0.3 is 0 Å². The molecule has 0 atom stereocenters. The second-order valence-electron chi connectivity index (χ2n) is 6.68. The Hall–Kier alpha value is -3.51. The van der Waals surface area contributed by atoms with Crippen LogP contribution in [0, 0.1) is 11.3 Å². The number of anilines is 1. The Labute approximate surface area is 198 Å². The van der Waals surface area contributed by atoms with Gasteiger partial charge in [-0.2, -0.15) is 5.26 Å². The van der Waals surface area contributed by atoms with E-state index in [-0.39, 0.29) is 17.3 Å². The number of rotatable bonds is 5. The molecule has 1 saturated heterocycles. The van der Waals surface area contributed by atoms with Gasteiger partial charge in [0.15, 0.2) is 5.11 Å². The van der Waals surface area contributed by atoms with Crippen LogP contribution in [0.25, 0.3) is 6.08 Å². The molecule has 1 aliphatic heterocycles. The number of carbonyl (C=O) groups is 2. The predicted octanol–water partition coefficient (Wildman–Crippen LogP) is 4.68. The minimum absolute atomic E-state index is 0.00777. The van der Waals surface area contributed by atoms with E-state index in [0.717, 1.165) is 5.56 Å². The van der Waals surface area contributed by atoms with Crippen molar-refractivity contribution in [1.82, 2.24) is 5.32 Å². The molecule has 6 nitrogen and oxygen atoms in total. The number of amides is 2. The van der Waals surface area contributed by atoms with Crippen LogP contribution in [0.3, 0.4) is 0 Å². The van der Waals surface area contributed by atoms with E-state index in [0.29, 0.717) is 26.9 Å². The highest BCUT2D eigenvalue weighted by Gasteiger charge is 2.34. The molecule has 0 unspecified atom stereocenters. The Bertz CT molecular complexity index is 1280. The van der Waals surface area contributed by atoms with Crippen LogP contribution in [0.4, 0.5) is 5.69 Å². The quantitative estimate of drug-likeness (QED) is 0.326. The molecule has 2 amide bonds. The summed E-state index contributed by atoms with van der Waals surface area (Å²) in [5.74, 6) is -0.486. The van der Waals surface area contributed by atoms with Gasteiger partial charge in [0.2, 0.25) is 0 Å². The average molecular weight is 480 g/mol. The van der Waals surface area contributed by atoms with Gasteiger partial charge in [0.05, 0.1) is 5.69 Å². The van der Waals surface area contributed by atoms with Crippen molar-refractivity contribution in [1.29, 1.82) is 5.26 Å². The van der Waals surface area contributed by atoms with Crippen molar-refractivity contribution in [2.24, 2.45) is 0 Å². The largest absolute Gasteiger partial charge is 0.489 e. The zero-order valence-corrected chi connectivity index (χ0v) is 18.8. The van der Waals surface area contributed by atoms with Crippen LogP contribution in [-0.4, -0.2) is 16.9 Å². The number of ether oxygens (including phenoxy) is 1. The summed E-state index contributed by atoms with van der Waals surface area (Å²) in [5.41, 5.74) is 1.93. The Morgan fingerprint density at radius 3 is 2.53 bits per heavy atom. The molecule has 0 spiro atoms. The fourth-order valence-electron chi connectivity index (χ4n) is 3.02. The summed E-state index contributed by atoms with van der Waals surface area (Å²) in [7, 11) is 0. The van der Waals surface area contributed by atoms with E-state index in [2.05, 4.69) is 11.4 Å². The Balaban J connectivity index is 1.52. The van der Waals surface area contributed by atoms with Crippen LogP contribution < -0.4 is 15.0 Å². The average Bonchev–Trinajstić information content (AvgIpc) is 3.25. The molecule has 0 aliphatic carbocycles. The lowest BCUT2D eigenvalue weighted by molar-refractivity contribution is -0.122. The molecule has 4 rings (SSSR count). The normalized spacial score (nSPS) is 14.9. The van der Waals surface area contributed by atoms with Gasteiger partial charge in [0.25, 0.3) is 11.8 Å². The van der Waals surface area contributed by atoms with Gasteiger partial charge in [-0.25, -0.2) is 0 Å². The highest BCUT2D eigenvalue weighted by Crippen LogP contribution is 2.24. The molecular formula is C23H14ClN3O3S2. The Morgan fingerprint density at radius 1 is 1.12 bits per heavy atom. The number of thiophene rings is 1. The van der Waals surface area contributed by atoms with Crippen LogP contribution in [0.1, 0.15) is 16.0 Å². The maximum atomic E-state index is 13.0. The van der Waals surface area contributed by atoms with Gasteiger partial charge < -0.3 is 4.74 Å². The summed E-state index contributed by atoms with van der Waals surface area (Å²) in [5, 5.41) is 14.0. The molecular weight excluding hydrogens is 466 g/mol. The zero-order valence-electron chi connectivity index (χ0n) is 16.4. The molecule has 1 N–H and O–H groups in total. The Morgan fingerprint density at radius 2 is 1.84 bits per heavy atom. The SMILES string of the molecule is N#Cc1sccc1COc1ccc(/C=C2\C(=O)NC(=S)N(c3ccc(Cl)cc3)C2=O)cc1. The topological polar surface area (TPSA) is 82.4 Å². The van der Waals surface area contributed by atoms with Crippen LogP contribution in [-0.2, 0) is 16.2 Å². The van der Waals surface area contributed by atoms with Crippen molar-refractivity contribution in [3.63, 3.8) is 0 Å². The van der Waals surface area contributed by atoms with Gasteiger partial charge in [-0.15, -0.1) is 11.3 Å². The first-order chi connectivity index (χ1) is 15.5. The maximum Gasteiger partial charge on any atom is 0.270 e. The van der Waals surface area contributed by atoms with E-state index in [1.165, 1.54) is 22.3 Å². The molecule has 9 heteroatoms. The number of nitriles is 1. The van der Waals surface area contributed by atoms with Crippen molar-refractivity contribution < 1.29 is 14.3 Å². The van der Waals surface area contributed by atoms with Crippen molar-refractivity contribution >= 4 is 63.8 Å². The lowest BCUT2D eigenvalue weighted by atomic mass is 10.1. The molecule has 1 fully saturated rings. The first-order valence-electron chi connectivity index (χ1n) is 9.32. The third-order valence-corrected chi connectivity index (χ3v) is 6.02. The van der Waals surface area contributed by atoms with E-state index in [1.807, 2.05) is 11.4 Å². The molecule has 1 aliphatic rings. The summed E-state index contributed by atoms with van der Waals surface area (Å²) >= 11 is 12.5. The summed E-state index contributed by atoms with van der Waals surface area (Å²) in [6.45, 7) is 0.279. The molecule has 158 valence electrons. The lowest BCUT2D eigenvalue weighted by Crippen LogP contribution is -2.54. The summed E-state index contributed by atoms with van der Waals surface area (Å²) in [4.78, 5) is 27.3. The predicted molar refractivity (Wildman–Crippen MR) is 127 cm³/mol. The minimum atomic E-state index is -0.563. The first kappa shape index (κ1) is 21.7. The highest BCUT2D eigenvalue weighted by atomic mass is 35.5. The van der Waals surface area contributed by atoms with Crippen LogP contribution in [0.15, 0.2) is 65.6 Å². The van der Waals surface area contributed by atoms with Crippen molar-refractivity contribution in [3.8, 4) is 11.8 Å². The molecule has 0 saturated carbocycles. The lowest BCUT2D eigenvalue weighted by Gasteiger charge is -2.28. The van der Waals surface area contributed by atoms with Crippen molar-refractivity contribution in [3.05, 3.63) is 86.6 Å². The van der Waals surface area contributed by atoms with E-state index < -0.39 is 11.8 Å². The molecule has 3 aromatic rings. The molecule has 32 heavy (non-hydrogen) atoms. The van der Waals surface area contributed by atoms with Gasteiger partial charge in [0, 0.05) is 10.6 Å². The summed E-state index contributed by atoms with van der Waals surface area (Å²) < 4.78 is 5.73. The van der Waals surface area contributed by atoms with Crippen LogP contribution >= 0.6 is 35.2 Å². The van der Waals surface area contributed by atoms with E-state index in [4.69, 9.17) is 33.8 Å².